The zero-order chi connectivity index (χ0) is 22.1. The highest BCUT2D eigenvalue weighted by Gasteiger charge is 2.40. The van der Waals surface area contributed by atoms with Crippen molar-refractivity contribution in [3.8, 4) is 11.3 Å². The Hall–Kier alpha value is -2.16. The summed E-state index contributed by atoms with van der Waals surface area (Å²) in [4.78, 5) is 18.8. The van der Waals surface area contributed by atoms with E-state index in [1.54, 1.807) is 12.1 Å². The van der Waals surface area contributed by atoms with Gasteiger partial charge in [0.05, 0.1) is 28.5 Å². The fourth-order valence-corrected chi connectivity index (χ4v) is 4.74. The summed E-state index contributed by atoms with van der Waals surface area (Å²) in [6, 6.07) is 15.2. The molecule has 2 heterocycles. The van der Waals surface area contributed by atoms with E-state index in [0.717, 1.165) is 22.6 Å². The SMILES string of the molecule is C=CCn1c(-c2ccc(Cl)c(Cl)c2)csc1=NC1=C(C)N(C)[NH+](c2ccccc2)C1=O.[Br-]. The van der Waals surface area contributed by atoms with Crippen molar-refractivity contribution in [1.82, 2.24) is 9.58 Å². The number of nitrogens with one attached hydrogen (secondary N) is 1. The first-order chi connectivity index (χ1) is 14.9. The van der Waals surface area contributed by atoms with E-state index in [4.69, 9.17) is 28.2 Å². The highest BCUT2D eigenvalue weighted by molar-refractivity contribution is 7.07. The first kappa shape index (κ1) is 24.5. The van der Waals surface area contributed by atoms with E-state index in [0.29, 0.717) is 32.1 Å². The van der Waals surface area contributed by atoms with Gasteiger partial charge in [-0.2, -0.15) is 0 Å². The number of nitrogens with zero attached hydrogens (tertiary/aromatic N) is 3. The van der Waals surface area contributed by atoms with Gasteiger partial charge in [0.25, 0.3) is 0 Å². The van der Waals surface area contributed by atoms with Gasteiger partial charge in [-0.05, 0) is 19.1 Å². The van der Waals surface area contributed by atoms with Crippen LogP contribution in [0.3, 0.4) is 0 Å². The van der Waals surface area contributed by atoms with Gasteiger partial charge in [-0.3, -0.25) is 0 Å². The Labute approximate surface area is 211 Å². The summed E-state index contributed by atoms with van der Waals surface area (Å²) in [6.45, 7) is 6.33. The predicted molar refractivity (Wildman–Crippen MR) is 126 cm³/mol. The van der Waals surface area contributed by atoms with Crippen molar-refractivity contribution >= 4 is 46.1 Å². The second-order valence-corrected chi connectivity index (χ2v) is 8.73. The second kappa shape index (κ2) is 10.2. The van der Waals surface area contributed by atoms with E-state index < -0.39 is 0 Å². The molecule has 1 amide bonds. The Morgan fingerprint density at radius 3 is 2.53 bits per heavy atom. The molecule has 32 heavy (non-hydrogen) atoms. The van der Waals surface area contributed by atoms with Crippen LogP contribution in [0.1, 0.15) is 6.92 Å². The minimum absolute atomic E-state index is 0. The van der Waals surface area contributed by atoms with Crippen molar-refractivity contribution in [2.75, 3.05) is 7.05 Å². The Kier molecular flexibility index (Phi) is 7.79. The number of halogens is 3. The van der Waals surface area contributed by atoms with Crippen LogP contribution in [-0.4, -0.2) is 22.5 Å². The molecule has 0 spiro atoms. The first-order valence-electron chi connectivity index (χ1n) is 9.63. The van der Waals surface area contributed by atoms with E-state index in [1.165, 1.54) is 11.3 Å². The molecular weight excluding hydrogens is 531 g/mol. The smallest absolute Gasteiger partial charge is 0.394 e. The lowest BCUT2D eigenvalue weighted by atomic mass is 10.2. The Morgan fingerprint density at radius 1 is 1.16 bits per heavy atom. The molecule has 0 bridgehead atoms. The molecule has 0 radical (unpaired) electrons. The summed E-state index contributed by atoms with van der Waals surface area (Å²) in [7, 11) is 1.89. The molecule has 5 nitrogen and oxygen atoms in total. The summed E-state index contributed by atoms with van der Waals surface area (Å²) in [5.41, 5.74) is 4.00. The van der Waals surface area contributed by atoms with Gasteiger partial charge in [0.15, 0.2) is 16.2 Å². The van der Waals surface area contributed by atoms with Crippen LogP contribution in [0.5, 0.6) is 0 Å². The number of benzene rings is 2. The van der Waals surface area contributed by atoms with Crippen LogP contribution >= 0.6 is 34.5 Å². The number of rotatable bonds is 5. The zero-order valence-corrected chi connectivity index (χ0v) is 21.4. The van der Waals surface area contributed by atoms with Gasteiger partial charge < -0.3 is 21.5 Å². The Balaban J connectivity index is 0.00000289. The molecule has 9 heteroatoms. The van der Waals surface area contributed by atoms with Gasteiger partial charge in [0.2, 0.25) is 0 Å². The van der Waals surface area contributed by atoms with Crippen LogP contribution in [0.25, 0.3) is 11.3 Å². The summed E-state index contributed by atoms with van der Waals surface area (Å²) < 4.78 is 2.02. The van der Waals surface area contributed by atoms with E-state index in [-0.39, 0.29) is 22.9 Å². The quantitative estimate of drug-likeness (QED) is 0.488. The van der Waals surface area contributed by atoms with Gasteiger partial charge in [-0.25, -0.2) is 14.8 Å². The normalized spacial score (nSPS) is 16.5. The summed E-state index contributed by atoms with van der Waals surface area (Å²) in [5, 5.41) is 5.53. The molecule has 1 aromatic heterocycles. The Bertz CT molecular complexity index is 1270. The molecule has 1 aliphatic rings. The number of hydrogen-bond acceptors (Lipinski definition) is 4. The molecule has 1 unspecified atom stereocenters. The van der Waals surface area contributed by atoms with Crippen LogP contribution in [-0.2, 0) is 11.3 Å². The van der Waals surface area contributed by atoms with Gasteiger partial charge in [0, 0.05) is 29.6 Å². The van der Waals surface area contributed by atoms with Gasteiger partial charge in [-0.1, -0.05) is 53.5 Å². The lowest BCUT2D eigenvalue weighted by molar-refractivity contribution is -0.866. The average molecular weight is 552 g/mol. The van der Waals surface area contributed by atoms with Crippen molar-refractivity contribution in [2.45, 2.75) is 13.5 Å². The fourth-order valence-electron chi connectivity index (χ4n) is 3.51. The topological polar surface area (TPSA) is 42.0 Å². The predicted octanol–water partition coefficient (Wildman–Crippen LogP) is 1.45. The fraction of sp³-hybridized carbons (Fsp3) is 0.130. The maximum absolute atomic E-state index is 13.3. The number of amides is 1. The number of carbonyl (C=O) groups is 1. The number of aromatic nitrogens is 1. The standard InChI is InChI=1S/C23H20Cl2N4OS.BrH/c1-4-12-28-20(16-10-11-18(24)19(25)13-16)14-31-23(28)26-21-15(2)27(3)29(22(21)30)17-8-6-5-7-9-17;/h4-11,13-14H,1,12H2,2-3H3;1H. The number of quaternary nitrogens is 1. The summed E-state index contributed by atoms with van der Waals surface area (Å²) in [5.74, 6) is -0.0826. The van der Waals surface area contributed by atoms with E-state index >= 15 is 0 Å². The van der Waals surface area contributed by atoms with Gasteiger partial charge >= 0.3 is 5.91 Å². The molecule has 0 saturated heterocycles. The van der Waals surface area contributed by atoms with Gasteiger partial charge in [0.1, 0.15) is 0 Å². The van der Waals surface area contributed by atoms with Crippen LogP contribution in [0.2, 0.25) is 10.0 Å². The van der Waals surface area contributed by atoms with Gasteiger partial charge in [-0.15, -0.1) is 22.9 Å². The third-order valence-corrected chi connectivity index (χ3v) is 6.79. The van der Waals surface area contributed by atoms with Crippen LogP contribution in [0.4, 0.5) is 5.69 Å². The molecule has 1 atom stereocenters. The monoisotopic (exact) mass is 550 g/mol. The molecule has 2 aromatic carbocycles. The maximum Gasteiger partial charge on any atom is 0.394 e. The molecule has 4 rings (SSSR count). The van der Waals surface area contributed by atoms with Crippen LogP contribution in [0.15, 0.2) is 83.0 Å². The van der Waals surface area contributed by atoms with Crippen molar-refractivity contribution in [3.05, 3.63) is 92.8 Å². The first-order valence-corrected chi connectivity index (χ1v) is 11.3. The minimum atomic E-state index is -0.0826. The molecule has 166 valence electrons. The molecule has 1 aliphatic heterocycles. The van der Waals surface area contributed by atoms with Crippen LogP contribution in [0, 0.1) is 0 Å². The highest BCUT2D eigenvalue weighted by atomic mass is 79.9. The molecule has 1 N–H and O–H groups in total. The van der Waals surface area contributed by atoms with Crippen molar-refractivity contribution < 1.29 is 26.8 Å². The van der Waals surface area contributed by atoms with E-state index in [1.807, 2.05) is 71.4 Å². The summed E-state index contributed by atoms with van der Waals surface area (Å²) >= 11 is 13.8. The number of para-hydroxylation sites is 1. The lowest BCUT2D eigenvalue weighted by Crippen LogP contribution is -3.13. The van der Waals surface area contributed by atoms with E-state index in [2.05, 4.69) is 6.58 Å². The lowest BCUT2D eigenvalue weighted by Gasteiger charge is -2.20. The third-order valence-electron chi connectivity index (χ3n) is 5.19. The largest absolute Gasteiger partial charge is 1.00 e. The zero-order valence-electron chi connectivity index (χ0n) is 17.5. The maximum atomic E-state index is 13.3. The van der Waals surface area contributed by atoms with Crippen LogP contribution < -0.4 is 26.8 Å². The number of carbonyl (C=O) groups excluding carboxylic acids is 1. The molecule has 0 aliphatic carbocycles. The van der Waals surface area contributed by atoms with Crippen molar-refractivity contribution in [2.24, 2.45) is 4.99 Å². The summed E-state index contributed by atoms with van der Waals surface area (Å²) in [6.07, 6.45) is 1.80. The third kappa shape index (κ3) is 4.49. The Morgan fingerprint density at radius 2 is 1.88 bits per heavy atom. The number of allylic oxidation sites excluding steroid dienone is 2. The van der Waals surface area contributed by atoms with E-state index in [9.17, 15) is 4.79 Å². The van der Waals surface area contributed by atoms with Crippen molar-refractivity contribution in [1.29, 1.82) is 0 Å². The average Bonchev–Trinajstić information content (AvgIpc) is 3.25. The number of hydrogen-bond donors (Lipinski definition) is 1. The second-order valence-electron chi connectivity index (χ2n) is 7.08. The van der Waals surface area contributed by atoms with Crippen molar-refractivity contribution in [3.63, 3.8) is 0 Å². The molecule has 0 fully saturated rings. The molecule has 0 saturated carbocycles. The molecule has 3 aromatic rings. The minimum Gasteiger partial charge on any atom is -1.00 e. The molecular formula is C23H21BrCl2N4OS. The highest BCUT2D eigenvalue weighted by Crippen LogP contribution is 2.29. The number of thiazole rings is 1.